The number of aromatic nitrogens is 3. The topological polar surface area (TPSA) is 66.6 Å². The van der Waals surface area contributed by atoms with E-state index >= 15 is 0 Å². The van der Waals surface area contributed by atoms with Crippen molar-refractivity contribution in [3.8, 4) is 0 Å². The molecule has 0 saturated carbocycles. The smallest absolute Gasteiger partial charge is 0.191 e. The van der Waals surface area contributed by atoms with Gasteiger partial charge in [0.1, 0.15) is 0 Å². The summed E-state index contributed by atoms with van der Waals surface area (Å²) in [5.74, 6) is 1.60. The fourth-order valence-corrected chi connectivity index (χ4v) is 2.62. The van der Waals surface area contributed by atoms with Crippen LogP contribution in [0.3, 0.4) is 0 Å². The lowest BCUT2D eigenvalue weighted by atomic mass is 10.4. The third kappa shape index (κ3) is 3.19. The Labute approximate surface area is 126 Å². The standard InChI is InChI=1S/C14H16N6S/c1-15-14(16-9-11-5-4-8-21-11)17-10-13-19-18-12-6-2-3-7-20(12)13/h2-8H,9-10H2,1H3,(H2,15,16,17). The minimum atomic E-state index is 0.565. The van der Waals surface area contributed by atoms with Crippen molar-refractivity contribution in [2.75, 3.05) is 7.05 Å². The minimum Gasteiger partial charge on any atom is -0.352 e. The Hall–Kier alpha value is -2.41. The molecule has 0 aliphatic heterocycles. The van der Waals surface area contributed by atoms with Crippen LogP contribution < -0.4 is 10.6 Å². The number of aliphatic imine (C=N–C) groups is 1. The van der Waals surface area contributed by atoms with Gasteiger partial charge in [-0.05, 0) is 23.6 Å². The molecular weight excluding hydrogens is 284 g/mol. The third-order valence-corrected chi connectivity index (χ3v) is 3.91. The normalized spacial score (nSPS) is 11.8. The predicted octanol–water partition coefficient (Wildman–Crippen LogP) is 1.66. The van der Waals surface area contributed by atoms with Gasteiger partial charge in [0.25, 0.3) is 0 Å². The summed E-state index contributed by atoms with van der Waals surface area (Å²) in [5.41, 5.74) is 0.843. The molecule has 0 saturated heterocycles. The zero-order chi connectivity index (χ0) is 14.5. The van der Waals surface area contributed by atoms with Gasteiger partial charge in [-0.15, -0.1) is 21.5 Å². The van der Waals surface area contributed by atoms with Crippen LogP contribution in [0, 0.1) is 0 Å². The van der Waals surface area contributed by atoms with E-state index in [0.717, 1.165) is 24.0 Å². The number of hydrogen-bond donors (Lipinski definition) is 2. The molecular formula is C14H16N6S. The monoisotopic (exact) mass is 300 g/mol. The van der Waals surface area contributed by atoms with Crippen LogP contribution >= 0.6 is 11.3 Å². The van der Waals surface area contributed by atoms with E-state index in [1.54, 1.807) is 18.4 Å². The SMILES string of the molecule is CN=C(NCc1cccs1)NCc1nnc2ccccn12. The van der Waals surface area contributed by atoms with Crippen molar-refractivity contribution < 1.29 is 0 Å². The second kappa shape index (κ2) is 6.36. The molecule has 0 bridgehead atoms. The van der Waals surface area contributed by atoms with Gasteiger partial charge in [0, 0.05) is 18.1 Å². The average Bonchev–Trinajstić information content (AvgIpc) is 3.17. The summed E-state index contributed by atoms with van der Waals surface area (Å²) in [6.07, 6.45) is 1.95. The van der Waals surface area contributed by atoms with Crippen LogP contribution in [0.2, 0.25) is 0 Å². The van der Waals surface area contributed by atoms with E-state index in [-0.39, 0.29) is 0 Å². The second-order valence-corrected chi connectivity index (χ2v) is 5.44. The van der Waals surface area contributed by atoms with E-state index in [2.05, 4.69) is 37.3 Å². The second-order valence-electron chi connectivity index (χ2n) is 4.40. The highest BCUT2D eigenvalue weighted by atomic mass is 32.1. The number of nitrogens with one attached hydrogen (secondary N) is 2. The van der Waals surface area contributed by atoms with Crippen molar-refractivity contribution in [1.82, 2.24) is 25.2 Å². The Kier molecular flexibility index (Phi) is 4.11. The first kappa shape index (κ1) is 13.6. The van der Waals surface area contributed by atoms with Crippen molar-refractivity contribution in [3.63, 3.8) is 0 Å². The number of nitrogens with zero attached hydrogens (tertiary/aromatic N) is 4. The molecule has 7 heteroatoms. The molecule has 0 spiro atoms. The Balaban J connectivity index is 1.60. The van der Waals surface area contributed by atoms with E-state index < -0.39 is 0 Å². The maximum atomic E-state index is 4.21. The van der Waals surface area contributed by atoms with Gasteiger partial charge in [-0.3, -0.25) is 9.39 Å². The summed E-state index contributed by atoms with van der Waals surface area (Å²) in [4.78, 5) is 5.48. The molecule has 0 unspecified atom stereocenters. The largest absolute Gasteiger partial charge is 0.352 e. The van der Waals surface area contributed by atoms with Gasteiger partial charge in [0.15, 0.2) is 17.4 Å². The van der Waals surface area contributed by atoms with Crippen molar-refractivity contribution >= 4 is 22.9 Å². The molecule has 2 N–H and O–H groups in total. The predicted molar refractivity (Wildman–Crippen MR) is 84.3 cm³/mol. The van der Waals surface area contributed by atoms with Gasteiger partial charge < -0.3 is 10.6 Å². The molecule has 0 aromatic carbocycles. The summed E-state index contributed by atoms with van der Waals surface area (Å²) in [5, 5.41) is 16.9. The van der Waals surface area contributed by atoms with E-state index in [1.165, 1.54) is 4.88 Å². The van der Waals surface area contributed by atoms with E-state index in [9.17, 15) is 0 Å². The molecule has 0 aliphatic carbocycles. The van der Waals surface area contributed by atoms with Crippen LogP contribution in [0.25, 0.3) is 5.65 Å². The molecule has 6 nitrogen and oxygen atoms in total. The van der Waals surface area contributed by atoms with Crippen molar-refractivity contribution in [3.05, 3.63) is 52.6 Å². The summed E-state index contributed by atoms with van der Waals surface area (Å²) in [6, 6.07) is 9.98. The van der Waals surface area contributed by atoms with Gasteiger partial charge in [0.2, 0.25) is 0 Å². The highest BCUT2D eigenvalue weighted by molar-refractivity contribution is 7.09. The molecule has 0 amide bonds. The lowest BCUT2D eigenvalue weighted by Crippen LogP contribution is -2.36. The molecule has 3 aromatic rings. The van der Waals surface area contributed by atoms with Gasteiger partial charge in [-0.1, -0.05) is 12.1 Å². The number of hydrogen-bond acceptors (Lipinski definition) is 4. The Morgan fingerprint density at radius 2 is 2.10 bits per heavy atom. The van der Waals surface area contributed by atoms with Crippen molar-refractivity contribution in [1.29, 1.82) is 0 Å². The van der Waals surface area contributed by atoms with Gasteiger partial charge >= 0.3 is 0 Å². The van der Waals surface area contributed by atoms with Crippen LogP contribution in [-0.2, 0) is 13.1 Å². The van der Waals surface area contributed by atoms with Gasteiger partial charge in [0.05, 0.1) is 13.1 Å². The maximum Gasteiger partial charge on any atom is 0.191 e. The Morgan fingerprint density at radius 3 is 2.90 bits per heavy atom. The fraction of sp³-hybridized carbons (Fsp3) is 0.214. The molecule has 0 aliphatic rings. The summed E-state index contributed by atoms with van der Waals surface area (Å²) < 4.78 is 1.96. The molecule has 3 rings (SSSR count). The number of pyridine rings is 1. The van der Waals surface area contributed by atoms with Crippen LogP contribution in [0.15, 0.2) is 46.9 Å². The Bertz CT molecular complexity index is 731. The third-order valence-electron chi connectivity index (χ3n) is 3.03. The number of guanidine groups is 1. The zero-order valence-electron chi connectivity index (χ0n) is 11.7. The van der Waals surface area contributed by atoms with Gasteiger partial charge in [-0.25, -0.2) is 0 Å². The summed E-state index contributed by atoms with van der Waals surface area (Å²) >= 11 is 1.72. The number of rotatable bonds is 4. The summed E-state index contributed by atoms with van der Waals surface area (Å²) in [7, 11) is 1.76. The van der Waals surface area contributed by atoms with Crippen molar-refractivity contribution in [2.45, 2.75) is 13.1 Å². The molecule has 21 heavy (non-hydrogen) atoms. The molecule has 0 radical (unpaired) electrons. The molecule has 3 aromatic heterocycles. The first-order valence-corrected chi connectivity index (χ1v) is 7.50. The number of thiophene rings is 1. The Morgan fingerprint density at radius 1 is 1.19 bits per heavy atom. The average molecular weight is 300 g/mol. The summed E-state index contributed by atoms with van der Waals surface area (Å²) in [6.45, 7) is 1.33. The van der Waals surface area contributed by atoms with Crippen LogP contribution in [0.1, 0.15) is 10.7 Å². The molecule has 3 heterocycles. The van der Waals surface area contributed by atoms with Gasteiger partial charge in [-0.2, -0.15) is 0 Å². The first-order valence-electron chi connectivity index (χ1n) is 6.62. The lowest BCUT2D eigenvalue weighted by molar-refractivity contribution is 0.765. The highest BCUT2D eigenvalue weighted by Gasteiger charge is 2.05. The van der Waals surface area contributed by atoms with Crippen molar-refractivity contribution in [2.24, 2.45) is 4.99 Å². The zero-order valence-corrected chi connectivity index (χ0v) is 12.5. The first-order chi connectivity index (χ1) is 10.4. The molecule has 0 fully saturated rings. The lowest BCUT2D eigenvalue weighted by Gasteiger charge is -2.10. The van der Waals surface area contributed by atoms with E-state index in [0.29, 0.717) is 6.54 Å². The van der Waals surface area contributed by atoms with Crippen LogP contribution in [-0.4, -0.2) is 27.6 Å². The van der Waals surface area contributed by atoms with Crippen LogP contribution in [0.5, 0.6) is 0 Å². The minimum absolute atomic E-state index is 0.565. The van der Waals surface area contributed by atoms with E-state index in [4.69, 9.17) is 0 Å². The van der Waals surface area contributed by atoms with E-state index in [1.807, 2.05) is 34.9 Å². The molecule has 0 atom stereocenters. The van der Waals surface area contributed by atoms with Crippen LogP contribution in [0.4, 0.5) is 0 Å². The quantitative estimate of drug-likeness (QED) is 0.568. The number of fused-ring (bicyclic) bond motifs is 1. The highest BCUT2D eigenvalue weighted by Crippen LogP contribution is 2.07. The molecule has 108 valence electrons. The maximum absolute atomic E-state index is 4.21. The fourth-order valence-electron chi connectivity index (χ4n) is 1.98.